The Balaban J connectivity index is 1.47. The maximum atomic E-state index is 12.8. The highest BCUT2D eigenvalue weighted by Crippen LogP contribution is 2.21. The number of rotatable bonds is 4. The van der Waals surface area contributed by atoms with E-state index in [-0.39, 0.29) is 11.6 Å². The van der Waals surface area contributed by atoms with Crippen LogP contribution in [0.2, 0.25) is 0 Å². The lowest BCUT2D eigenvalue weighted by Crippen LogP contribution is -2.40. The first-order valence-electron chi connectivity index (χ1n) is 9.28. The lowest BCUT2D eigenvalue weighted by atomic mass is 9.96. The summed E-state index contributed by atoms with van der Waals surface area (Å²) in [6.45, 7) is 4.55. The van der Waals surface area contributed by atoms with Crippen LogP contribution in [0.3, 0.4) is 0 Å². The first-order valence-corrected chi connectivity index (χ1v) is 9.28. The topological polar surface area (TPSA) is 85.9 Å². The van der Waals surface area contributed by atoms with Gasteiger partial charge in [-0.15, -0.1) is 0 Å². The molecule has 0 bridgehead atoms. The summed E-state index contributed by atoms with van der Waals surface area (Å²) in [7, 11) is 0. The highest BCUT2D eigenvalue weighted by Gasteiger charge is 2.26. The van der Waals surface area contributed by atoms with Crippen LogP contribution in [0, 0.1) is 5.92 Å². The Labute approximate surface area is 156 Å². The number of hydrogen-bond donors (Lipinski definition) is 0. The average molecular weight is 366 g/mol. The summed E-state index contributed by atoms with van der Waals surface area (Å²) >= 11 is 0. The predicted molar refractivity (Wildman–Crippen MR) is 100 cm³/mol. The Morgan fingerprint density at radius 2 is 1.96 bits per heavy atom. The summed E-state index contributed by atoms with van der Waals surface area (Å²) < 4.78 is 3.54. The monoisotopic (exact) mass is 366 g/mol. The number of nitrogens with zero attached hydrogens (tertiary/aromatic N) is 6. The van der Waals surface area contributed by atoms with Crippen molar-refractivity contribution in [3.05, 3.63) is 53.1 Å². The van der Waals surface area contributed by atoms with Gasteiger partial charge in [0.2, 0.25) is 0 Å². The highest BCUT2D eigenvalue weighted by molar-refractivity contribution is 5.92. The molecule has 3 aromatic rings. The molecule has 1 aliphatic heterocycles. The lowest BCUT2D eigenvalue weighted by Gasteiger charge is -2.31. The molecule has 0 N–H and O–H groups in total. The maximum absolute atomic E-state index is 12.8. The smallest absolute Gasteiger partial charge is 0.330 e. The molecule has 4 heterocycles. The molecule has 8 heteroatoms. The van der Waals surface area contributed by atoms with E-state index in [0.29, 0.717) is 37.8 Å². The molecule has 0 atom stereocenters. The van der Waals surface area contributed by atoms with Crippen LogP contribution in [-0.2, 0) is 13.1 Å². The van der Waals surface area contributed by atoms with E-state index in [4.69, 9.17) is 0 Å². The quantitative estimate of drug-likeness (QED) is 0.699. The first-order chi connectivity index (χ1) is 13.2. The predicted octanol–water partition coefficient (Wildman–Crippen LogP) is 1.56. The number of aryl methyl sites for hydroxylation is 1. The van der Waals surface area contributed by atoms with Gasteiger partial charge in [-0.2, -0.15) is 0 Å². The summed E-state index contributed by atoms with van der Waals surface area (Å²) in [5.74, 6) is 0.259. The van der Waals surface area contributed by atoms with E-state index in [2.05, 4.69) is 15.0 Å². The van der Waals surface area contributed by atoms with Crippen molar-refractivity contribution in [3.8, 4) is 0 Å². The Morgan fingerprint density at radius 3 is 2.67 bits per heavy atom. The first kappa shape index (κ1) is 17.4. The van der Waals surface area contributed by atoms with E-state index in [1.165, 1.54) is 12.4 Å². The van der Waals surface area contributed by atoms with Crippen molar-refractivity contribution < 1.29 is 4.79 Å². The van der Waals surface area contributed by atoms with Crippen molar-refractivity contribution in [1.29, 1.82) is 0 Å². The summed E-state index contributed by atoms with van der Waals surface area (Å²) in [5.41, 5.74) is 1.98. The summed E-state index contributed by atoms with van der Waals surface area (Å²) in [6, 6.07) is 3.79. The number of fused-ring (bicyclic) bond motifs is 1. The van der Waals surface area contributed by atoms with E-state index in [1.54, 1.807) is 21.5 Å². The maximum Gasteiger partial charge on any atom is 0.330 e. The highest BCUT2D eigenvalue weighted by atomic mass is 16.2. The van der Waals surface area contributed by atoms with Crippen molar-refractivity contribution >= 4 is 17.1 Å². The number of imidazole rings is 1. The van der Waals surface area contributed by atoms with E-state index >= 15 is 0 Å². The SMILES string of the molecule is CCn1c(=O)n(CC2CCN(C(=O)c3cnccn3)CC2)c2ncccc21. The van der Waals surface area contributed by atoms with Gasteiger partial charge in [0.25, 0.3) is 5.91 Å². The van der Waals surface area contributed by atoms with Gasteiger partial charge >= 0.3 is 5.69 Å². The van der Waals surface area contributed by atoms with Crippen molar-refractivity contribution in [2.45, 2.75) is 32.9 Å². The zero-order valence-electron chi connectivity index (χ0n) is 15.3. The number of carbonyl (C=O) groups is 1. The molecule has 0 saturated carbocycles. The zero-order chi connectivity index (χ0) is 18.8. The fourth-order valence-electron chi connectivity index (χ4n) is 3.77. The van der Waals surface area contributed by atoms with Gasteiger partial charge in [0, 0.05) is 44.8 Å². The minimum absolute atomic E-state index is 0.00994. The summed E-state index contributed by atoms with van der Waals surface area (Å²) in [6.07, 6.45) is 8.01. The summed E-state index contributed by atoms with van der Waals surface area (Å²) in [5, 5.41) is 0. The van der Waals surface area contributed by atoms with Crippen LogP contribution in [0.4, 0.5) is 0 Å². The number of aromatic nitrogens is 5. The number of amides is 1. The molecule has 1 fully saturated rings. The molecular weight excluding hydrogens is 344 g/mol. The third-order valence-electron chi connectivity index (χ3n) is 5.22. The van der Waals surface area contributed by atoms with Crippen LogP contribution in [0.1, 0.15) is 30.3 Å². The van der Waals surface area contributed by atoms with Crippen LogP contribution in [0.5, 0.6) is 0 Å². The van der Waals surface area contributed by atoms with Crippen molar-refractivity contribution in [3.63, 3.8) is 0 Å². The number of hydrogen-bond acceptors (Lipinski definition) is 5. The normalized spacial score (nSPS) is 15.4. The molecule has 0 unspecified atom stereocenters. The molecule has 1 saturated heterocycles. The Bertz CT molecular complexity index is 1000. The largest absolute Gasteiger partial charge is 0.337 e. The standard InChI is InChI=1S/C19H22N6O2/c1-2-24-16-4-3-7-22-17(16)25(19(24)27)13-14-5-10-23(11-6-14)18(26)15-12-20-8-9-21-15/h3-4,7-9,12,14H,2,5-6,10-11,13H2,1H3. The zero-order valence-corrected chi connectivity index (χ0v) is 15.3. The van der Waals surface area contributed by atoms with Crippen molar-refractivity contribution in [2.24, 2.45) is 5.92 Å². The van der Waals surface area contributed by atoms with Crippen LogP contribution in [-0.4, -0.2) is 48.0 Å². The van der Waals surface area contributed by atoms with Crippen LogP contribution in [0.25, 0.3) is 11.2 Å². The third-order valence-corrected chi connectivity index (χ3v) is 5.22. The molecule has 27 heavy (non-hydrogen) atoms. The minimum Gasteiger partial charge on any atom is -0.337 e. The van der Waals surface area contributed by atoms with Gasteiger partial charge < -0.3 is 4.90 Å². The Kier molecular flexibility index (Phi) is 4.70. The van der Waals surface area contributed by atoms with Gasteiger partial charge in [0.15, 0.2) is 5.65 Å². The van der Waals surface area contributed by atoms with Gasteiger partial charge in [0.1, 0.15) is 5.69 Å². The molecule has 0 aromatic carbocycles. The third kappa shape index (κ3) is 3.22. The average Bonchev–Trinajstić information content (AvgIpc) is 2.99. The van der Waals surface area contributed by atoms with E-state index < -0.39 is 0 Å². The Hall–Kier alpha value is -3.03. The van der Waals surface area contributed by atoms with E-state index in [1.807, 2.05) is 24.0 Å². The molecule has 4 rings (SSSR count). The molecule has 8 nitrogen and oxygen atoms in total. The van der Waals surface area contributed by atoms with Gasteiger partial charge in [-0.3, -0.25) is 18.9 Å². The van der Waals surface area contributed by atoms with E-state index in [0.717, 1.165) is 24.0 Å². The van der Waals surface area contributed by atoms with Crippen LogP contribution in [0.15, 0.2) is 41.7 Å². The number of piperidine rings is 1. The second-order valence-electron chi connectivity index (χ2n) is 6.81. The molecule has 0 radical (unpaired) electrons. The molecule has 1 aliphatic rings. The van der Waals surface area contributed by atoms with Gasteiger partial charge in [-0.1, -0.05) is 0 Å². The van der Waals surface area contributed by atoms with Crippen LogP contribution >= 0.6 is 0 Å². The Morgan fingerprint density at radius 1 is 1.15 bits per heavy atom. The lowest BCUT2D eigenvalue weighted by molar-refractivity contribution is 0.0676. The number of likely N-dealkylation sites (tertiary alicyclic amines) is 1. The van der Waals surface area contributed by atoms with Gasteiger partial charge in [0.05, 0.1) is 11.7 Å². The molecule has 1 amide bonds. The fraction of sp³-hybridized carbons (Fsp3) is 0.421. The van der Waals surface area contributed by atoms with E-state index in [9.17, 15) is 9.59 Å². The summed E-state index contributed by atoms with van der Waals surface area (Å²) in [4.78, 5) is 39.5. The van der Waals surface area contributed by atoms with Gasteiger partial charge in [-0.05, 0) is 37.8 Å². The van der Waals surface area contributed by atoms with Crippen LogP contribution < -0.4 is 5.69 Å². The fourth-order valence-corrected chi connectivity index (χ4v) is 3.77. The van der Waals surface area contributed by atoms with Crippen molar-refractivity contribution in [2.75, 3.05) is 13.1 Å². The number of carbonyl (C=O) groups excluding carboxylic acids is 1. The van der Waals surface area contributed by atoms with Crippen molar-refractivity contribution in [1.82, 2.24) is 29.0 Å². The second-order valence-corrected chi connectivity index (χ2v) is 6.81. The minimum atomic E-state index is -0.0806. The number of pyridine rings is 1. The van der Waals surface area contributed by atoms with Gasteiger partial charge in [-0.25, -0.2) is 14.8 Å². The molecule has 3 aromatic heterocycles. The molecule has 140 valence electrons. The second kappa shape index (κ2) is 7.30. The molecule has 0 spiro atoms. The molecule has 0 aliphatic carbocycles. The molecular formula is C19H22N6O2.